The van der Waals surface area contributed by atoms with E-state index in [1.54, 1.807) is 20.2 Å². The number of nitrogens with zero attached hydrogens (tertiary/aromatic N) is 4. The first kappa shape index (κ1) is 19.0. The predicted octanol–water partition coefficient (Wildman–Crippen LogP) is 3.22. The molecule has 0 spiro atoms. The van der Waals surface area contributed by atoms with E-state index in [2.05, 4.69) is 56.5 Å². The number of ether oxygens (including phenoxy) is 1. The molecule has 1 aliphatic rings. The number of aromatic amines is 1. The van der Waals surface area contributed by atoms with Crippen LogP contribution >= 0.6 is 22.6 Å². The summed E-state index contributed by atoms with van der Waals surface area (Å²) >= 11 is 2.27. The molecule has 0 unspecified atom stereocenters. The normalized spacial score (nSPS) is 14.6. The Morgan fingerprint density at radius 1 is 1.25 bits per heavy atom. The second-order valence-corrected chi connectivity index (χ2v) is 8.08. The number of hydrogen-bond donors (Lipinski definition) is 1. The number of imidazole rings is 1. The van der Waals surface area contributed by atoms with Crippen molar-refractivity contribution in [3.05, 3.63) is 33.5 Å². The number of hydrogen-bond acceptors (Lipinski definition) is 5. The molecule has 0 radical (unpaired) electrons. The van der Waals surface area contributed by atoms with Gasteiger partial charge in [0.2, 0.25) is 11.8 Å². The van der Waals surface area contributed by atoms with E-state index in [0.717, 1.165) is 63.4 Å². The maximum Gasteiger partial charge on any atom is 0.225 e. The average Bonchev–Trinajstić information content (AvgIpc) is 3.12. The molecule has 8 heteroatoms. The van der Waals surface area contributed by atoms with Crippen molar-refractivity contribution in [1.82, 2.24) is 19.9 Å². The number of halogens is 1. The highest BCUT2D eigenvalue weighted by atomic mass is 127. The number of amides is 1. The van der Waals surface area contributed by atoms with Crippen LogP contribution in [0.25, 0.3) is 22.4 Å². The van der Waals surface area contributed by atoms with Crippen LogP contribution in [0.2, 0.25) is 0 Å². The number of methoxy groups -OCH3 is 1. The Labute approximate surface area is 177 Å². The summed E-state index contributed by atoms with van der Waals surface area (Å²) in [6, 6.07) is 6.25. The van der Waals surface area contributed by atoms with E-state index in [-0.39, 0.29) is 5.91 Å². The number of nitrogens with one attached hydrogen (secondary N) is 1. The molecule has 1 aliphatic heterocycles. The van der Waals surface area contributed by atoms with Crippen LogP contribution in [0.1, 0.15) is 12.5 Å². The number of carbonyl (C=O) groups is 1. The van der Waals surface area contributed by atoms with Gasteiger partial charge in [0.15, 0.2) is 0 Å². The maximum absolute atomic E-state index is 11.6. The first-order chi connectivity index (χ1) is 13.5. The number of piperazine rings is 1. The zero-order chi connectivity index (χ0) is 19.8. The van der Waals surface area contributed by atoms with E-state index in [1.165, 1.54) is 0 Å². The van der Waals surface area contributed by atoms with Gasteiger partial charge in [-0.3, -0.25) is 4.79 Å². The molecule has 146 valence electrons. The van der Waals surface area contributed by atoms with E-state index < -0.39 is 0 Å². The van der Waals surface area contributed by atoms with Crippen molar-refractivity contribution in [3.8, 4) is 17.3 Å². The van der Waals surface area contributed by atoms with Gasteiger partial charge in [-0.25, -0.2) is 9.97 Å². The van der Waals surface area contributed by atoms with Crippen molar-refractivity contribution < 1.29 is 9.53 Å². The number of fused-ring (bicyclic) bond motifs is 1. The van der Waals surface area contributed by atoms with Crippen molar-refractivity contribution in [3.63, 3.8) is 0 Å². The van der Waals surface area contributed by atoms with Gasteiger partial charge in [0, 0.05) is 48.6 Å². The number of aryl methyl sites for hydroxylation is 1. The van der Waals surface area contributed by atoms with Gasteiger partial charge in [-0.2, -0.15) is 0 Å². The number of H-pyrrole nitrogens is 1. The molecule has 0 saturated carbocycles. The van der Waals surface area contributed by atoms with Crippen molar-refractivity contribution in [2.24, 2.45) is 0 Å². The summed E-state index contributed by atoms with van der Waals surface area (Å²) in [5.74, 6) is 1.46. The average molecular weight is 491 g/mol. The highest BCUT2D eigenvalue weighted by molar-refractivity contribution is 14.1. The molecule has 1 N–H and O–H groups in total. The van der Waals surface area contributed by atoms with E-state index in [4.69, 9.17) is 9.72 Å². The van der Waals surface area contributed by atoms with Gasteiger partial charge in [-0.1, -0.05) is 0 Å². The van der Waals surface area contributed by atoms with Crippen molar-refractivity contribution in [1.29, 1.82) is 0 Å². The summed E-state index contributed by atoms with van der Waals surface area (Å²) in [6.45, 7) is 6.89. The monoisotopic (exact) mass is 491 g/mol. The number of carbonyl (C=O) groups excluding carboxylic acids is 1. The molecule has 1 amide bonds. The lowest BCUT2D eigenvalue weighted by Crippen LogP contribution is -2.48. The third-order valence-electron chi connectivity index (χ3n) is 5.15. The highest BCUT2D eigenvalue weighted by Gasteiger charge is 2.21. The predicted molar refractivity (Wildman–Crippen MR) is 118 cm³/mol. The summed E-state index contributed by atoms with van der Waals surface area (Å²) in [4.78, 5) is 28.4. The van der Waals surface area contributed by atoms with Gasteiger partial charge >= 0.3 is 0 Å². The van der Waals surface area contributed by atoms with Crippen LogP contribution in [-0.2, 0) is 4.79 Å². The van der Waals surface area contributed by atoms with Gasteiger partial charge in [0.1, 0.15) is 5.82 Å². The Hall–Kier alpha value is -2.36. The SMILES string of the molecule is COc1nccc(I)c1-c1nc2c(C)cc(N3CCN(C(C)=O)CC3)cc2[nH]1. The van der Waals surface area contributed by atoms with Crippen LogP contribution in [0.5, 0.6) is 5.88 Å². The second-order valence-electron chi connectivity index (χ2n) is 6.91. The van der Waals surface area contributed by atoms with Crippen LogP contribution in [0.4, 0.5) is 5.69 Å². The summed E-state index contributed by atoms with van der Waals surface area (Å²) < 4.78 is 6.47. The lowest BCUT2D eigenvalue weighted by Gasteiger charge is -2.35. The van der Waals surface area contributed by atoms with E-state index >= 15 is 0 Å². The molecule has 1 aromatic carbocycles. The lowest BCUT2D eigenvalue weighted by molar-refractivity contribution is -0.129. The molecule has 28 heavy (non-hydrogen) atoms. The fourth-order valence-corrected chi connectivity index (χ4v) is 4.29. The van der Waals surface area contributed by atoms with Crippen LogP contribution in [0.3, 0.4) is 0 Å². The molecular formula is C20H22IN5O2. The van der Waals surface area contributed by atoms with Gasteiger partial charge in [0.25, 0.3) is 0 Å². The molecule has 3 heterocycles. The fraction of sp³-hybridized carbons (Fsp3) is 0.350. The topological polar surface area (TPSA) is 74.4 Å². The van der Waals surface area contributed by atoms with Gasteiger partial charge in [-0.05, 0) is 53.3 Å². The quantitative estimate of drug-likeness (QED) is 0.570. The number of benzene rings is 1. The summed E-state index contributed by atoms with van der Waals surface area (Å²) in [5.41, 5.74) is 5.07. The molecule has 4 rings (SSSR count). The Bertz CT molecular complexity index is 1040. The van der Waals surface area contributed by atoms with E-state index in [0.29, 0.717) is 5.88 Å². The van der Waals surface area contributed by atoms with E-state index in [1.807, 2.05) is 11.0 Å². The zero-order valence-corrected chi connectivity index (χ0v) is 18.3. The van der Waals surface area contributed by atoms with Crippen molar-refractivity contribution in [2.45, 2.75) is 13.8 Å². The molecule has 1 saturated heterocycles. The summed E-state index contributed by atoms with van der Waals surface area (Å²) in [7, 11) is 1.62. The fourth-order valence-electron chi connectivity index (χ4n) is 3.64. The summed E-state index contributed by atoms with van der Waals surface area (Å²) in [6.07, 6.45) is 1.73. The van der Waals surface area contributed by atoms with Gasteiger partial charge < -0.3 is 19.5 Å². The highest BCUT2D eigenvalue weighted by Crippen LogP contribution is 2.34. The second kappa shape index (κ2) is 7.57. The van der Waals surface area contributed by atoms with Gasteiger partial charge in [0.05, 0.1) is 23.7 Å². The van der Waals surface area contributed by atoms with Crippen molar-refractivity contribution in [2.75, 3.05) is 38.2 Å². The lowest BCUT2D eigenvalue weighted by atomic mass is 10.1. The molecule has 0 atom stereocenters. The zero-order valence-electron chi connectivity index (χ0n) is 16.1. The Kier molecular flexibility index (Phi) is 5.13. The molecule has 1 fully saturated rings. The maximum atomic E-state index is 11.6. The largest absolute Gasteiger partial charge is 0.480 e. The molecule has 2 aromatic heterocycles. The number of anilines is 1. The Balaban J connectivity index is 1.70. The molecule has 0 bridgehead atoms. The van der Waals surface area contributed by atoms with E-state index in [9.17, 15) is 4.79 Å². The van der Waals surface area contributed by atoms with Crippen molar-refractivity contribution >= 4 is 45.2 Å². The molecular weight excluding hydrogens is 469 g/mol. The smallest absolute Gasteiger partial charge is 0.225 e. The minimum atomic E-state index is 0.143. The first-order valence-electron chi connectivity index (χ1n) is 9.17. The van der Waals surface area contributed by atoms with Crippen LogP contribution in [0.15, 0.2) is 24.4 Å². The van der Waals surface area contributed by atoms with Gasteiger partial charge in [-0.15, -0.1) is 0 Å². The molecule has 3 aromatic rings. The molecule has 0 aliphatic carbocycles. The number of rotatable bonds is 3. The minimum Gasteiger partial charge on any atom is -0.480 e. The van der Waals surface area contributed by atoms with Crippen LogP contribution in [0, 0.1) is 10.5 Å². The Morgan fingerprint density at radius 2 is 2.00 bits per heavy atom. The Morgan fingerprint density at radius 3 is 2.68 bits per heavy atom. The van der Waals surface area contributed by atoms with Crippen LogP contribution in [-0.4, -0.2) is 59.0 Å². The molecule has 7 nitrogen and oxygen atoms in total. The van der Waals surface area contributed by atoms with Crippen LogP contribution < -0.4 is 9.64 Å². The minimum absolute atomic E-state index is 0.143. The number of aromatic nitrogens is 3. The third-order valence-corrected chi connectivity index (χ3v) is 6.05. The summed E-state index contributed by atoms with van der Waals surface area (Å²) in [5, 5.41) is 0. The number of pyridine rings is 1. The first-order valence-corrected chi connectivity index (χ1v) is 10.3. The third kappa shape index (κ3) is 3.41. The standard InChI is InChI=1S/C20H22IN5O2/c1-12-10-14(26-8-6-25(7-9-26)13(2)27)11-16-18(12)24-19(23-16)17-15(21)4-5-22-20(17)28-3/h4-5,10-11H,6-9H2,1-3H3,(H,23,24).